The lowest BCUT2D eigenvalue weighted by molar-refractivity contribution is -0.384. The standard InChI is InChI=1S/C11H7Cl2N3O4/c12-8-3-6(16(19)20)4-9(13)7(8)5-15-2-1-10(17)14-11(15)18/h1-4H,5H2,(H,14,17,18). The largest absolute Gasteiger partial charge is 0.328 e. The maximum Gasteiger partial charge on any atom is 0.328 e. The molecule has 2 aromatic rings. The van der Waals surface area contributed by atoms with Crippen molar-refractivity contribution >= 4 is 28.9 Å². The van der Waals surface area contributed by atoms with Crippen molar-refractivity contribution in [3.63, 3.8) is 0 Å². The minimum absolute atomic E-state index is 0.00866. The average Bonchev–Trinajstić information content (AvgIpc) is 2.35. The lowest BCUT2D eigenvalue weighted by atomic mass is 10.2. The summed E-state index contributed by atoms with van der Waals surface area (Å²) in [6, 6.07) is 3.48. The van der Waals surface area contributed by atoms with Crippen molar-refractivity contribution in [1.29, 1.82) is 0 Å². The molecule has 1 N–H and O–H groups in total. The van der Waals surface area contributed by atoms with E-state index in [0.29, 0.717) is 5.56 Å². The summed E-state index contributed by atoms with van der Waals surface area (Å²) in [6.45, 7) is -0.00866. The molecule has 1 aromatic heterocycles. The van der Waals surface area contributed by atoms with E-state index in [9.17, 15) is 19.7 Å². The molecule has 0 spiro atoms. The van der Waals surface area contributed by atoms with Gasteiger partial charge in [0.2, 0.25) is 0 Å². The van der Waals surface area contributed by atoms with Gasteiger partial charge in [-0.05, 0) is 0 Å². The van der Waals surface area contributed by atoms with Crippen LogP contribution in [-0.2, 0) is 6.54 Å². The fourth-order valence-electron chi connectivity index (χ4n) is 1.59. The summed E-state index contributed by atoms with van der Waals surface area (Å²) in [5, 5.41) is 10.8. The van der Waals surface area contributed by atoms with Crippen molar-refractivity contribution in [3.8, 4) is 0 Å². The monoisotopic (exact) mass is 315 g/mol. The van der Waals surface area contributed by atoms with E-state index in [4.69, 9.17) is 23.2 Å². The van der Waals surface area contributed by atoms with Crippen LogP contribution in [0.1, 0.15) is 5.56 Å². The maximum absolute atomic E-state index is 11.6. The highest BCUT2D eigenvalue weighted by molar-refractivity contribution is 6.36. The number of H-pyrrole nitrogens is 1. The molecule has 0 saturated carbocycles. The number of non-ortho nitro benzene ring substituents is 1. The van der Waals surface area contributed by atoms with Crippen LogP contribution in [0.3, 0.4) is 0 Å². The predicted octanol–water partition coefficient (Wildman–Crippen LogP) is 1.80. The molecule has 2 rings (SSSR count). The van der Waals surface area contributed by atoms with Gasteiger partial charge in [-0.2, -0.15) is 0 Å². The molecule has 0 atom stereocenters. The molecule has 0 aliphatic carbocycles. The van der Waals surface area contributed by atoms with Crippen LogP contribution in [0.15, 0.2) is 34.0 Å². The highest BCUT2D eigenvalue weighted by Crippen LogP contribution is 2.30. The number of halogens is 2. The Bertz CT molecular complexity index is 774. The van der Waals surface area contributed by atoms with E-state index in [0.717, 1.165) is 12.1 Å². The number of nitrogens with zero attached hydrogens (tertiary/aromatic N) is 2. The number of hydrogen-bond donors (Lipinski definition) is 1. The van der Waals surface area contributed by atoms with Crippen LogP contribution in [0.5, 0.6) is 0 Å². The molecular formula is C11H7Cl2N3O4. The summed E-state index contributed by atoms with van der Waals surface area (Å²) in [7, 11) is 0. The van der Waals surface area contributed by atoms with Crippen molar-refractivity contribution in [2.24, 2.45) is 0 Å². The Kier molecular flexibility index (Phi) is 3.91. The van der Waals surface area contributed by atoms with Crippen molar-refractivity contribution in [2.75, 3.05) is 0 Å². The second-order valence-corrected chi connectivity index (χ2v) is 4.70. The molecule has 1 heterocycles. The van der Waals surface area contributed by atoms with Crippen LogP contribution in [0, 0.1) is 10.1 Å². The van der Waals surface area contributed by atoms with Crippen LogP contribution in [0.4, 0.5) is 5.69 Å². The van der Waals surface area contributed by atoms with Gasteiger partial charge >= 0.3 is 5.69 Å². The van der Waals surface area contributed by atoms with Crippen LogP contribution < -0.4 is 11.2 Å². The van der Waals surface area contributed by atoms with Crippen LogP contribution in [0.2, 0.25) is 10.0 Å². The van der Waals surface area contributed by atoms with Crippen molar-refractivity contribution < 1.29 is 4.92 Å². The topological polar surface area (TPSA) is 98.0 Å². The number of nitrogens with one attached hydrogen (secondary N) is 1. The Hall–Kier alpha value is -2.12. The van der Waals surface area contributed by atoms with Gasteiger partial charge in [0.05, 0.1) is 21.5 Å². The van der Waals surface area contributed by atoms with E-state index in [1.807, 2.05) is 0 Å². The Morgan fingerprint density at radius 3 is 2.35 bits per heavy atom. The molecule has 0 fully saturated rings. The number of nitro groups is 1. The first-order valence-corrected chi connectivity index (χ1v) is 6.06. The Morgan fingerprint density at radius 1 is 1.25 bits per heavy atom. The van der Waals surface area contributed by atoms with E-state index in [1.165, 1.54) is 16.8 Å². The van der Waals surface area contributed by atoms with Gasteiger partial charge in [-0.15, -0.1) is 0 Å². The minimum atomic E-state index is -0.622. The SMILES string of the molecule is O=c1ccn(Cc2c(Cl)cc([N+](=O)[O-])cc2Cl)c(=O)[nH]1. The fourth-order valence-corrected chi connectivity index (χ4v) is 2.18. The molecule has 0 amide bonds. The quantitative estimate of drug-likeness (QED) is 0.689. The third kappa shape index (κ3) is 2.89. The van der Waals surface area contributed by atoms with Gasteiger partial charge in [0.15, 0.2) is 0 Å². The number of rotatable bonds is 3. The third-order valence-electron chi connectivity index (χ3n) is 2.56. The van der Waals surface area contributed by atoms with Crippen LogP contribution >= 0.6 is 23.2 Å². The van der Waals surface area contributed by atoms with E-state index in [-0.39, 0.29) is 22.3 Å². The van der Waals surface area contributed by atoms with Crippen molar-refractivity contribution in [3.05, 3.63) is 71.0 Å². The predicted molar refractivity (Wildman–Crippen MR) is 73.5 cm³/mol. The molecule has 0 saturated heterocycles. The molecule has 0 aliphatic rings. The first-order chi connectivity index (χ1) is 9.38. The molecule has 7 nitrogen and oxygen atoms in total. The number of aromatic nitrogens is 2. The zero-order chi connectivity index (χ0) is 14.9. The van der Waals surface area contributed by atoms with Crippen molar-refractivity contribution in [1.82, 2.24) is 9.55 Å². The first kappa shape index (κ1) is 14.3. The van der Waals surface area contributed by atoms with Gasteiger partial charge in [-0.3, -0.25) is 24.5 Å². The molecule has 9 heteroatoms. The molecule has 0 bridgehead atoms. The molecule has 0 radical (unpaired) electrons. The molecular weight excluding hydrogens is 309 g/mol. The van der Waals surface area contributed by atoms with Crippen LogP contribution in [0.25, 0.3) is 0 Å². The highest BCUT2D eigenvalue weighted by atomic mass is 35.5. The third-order valence-corrected chi connectivity index (χ3v) is 3.24. The first-order valence-electron chi connectivity index (χ1n) is 5.30. The summed E-state index contributed by atoms with van der Waals surface area (Å²) in [6.07, 6.45) is 1.29. The van der Waals surface area contributed by atoms with Gasteiger partial charge in [-0.1, -0.05) is 23.2 Å². The normalized spacial score (nSPS) is 10.5. The number of benzene rings is 1. The lowest BCUT2D eigenvalue weighted by Gasteiger charge is -2.08. The summed E-state index contributed by atoms with van der Waals surface area (Å²) in [5.41, 5.74) is -1.03. The summed E-state index contributed by atoms with van der Waals surface area (Å²) in [4.78, 5) is 34.6. The van der Waals surface area contributed by atoms with Gasteiger partial charge in [-0.25, -0.2) is 4.79 Å². The van der Waals surface area contributed by atoms with E-state index in [2.05, 4.69) is 4.98 Å². The fraction of sp³-hybridized carbons (Fsp3) is 0.0909. The van der Waals surface area contributed by atoms with Gasteiger partial charge in [0.25, 0.3) is 11.2 Å². The maximum atomic E-state index is 11.6. The van der Waals surface area contributed by atoms with Gasteiger partial charge in [0, 0.05) is 30.0 Å². The number of hydrogen-bond acceptors (Lipinski definition) is 4. The molecule has 0 unspecified atom stereocenters. The van der Waals surface area contributed by atoms with Gasteiger partial charge < -0.3 is 0 Å². The second kappa shape index (κ2) is 5.48. The summed E-state index contributed by atoms with van der Waals surface area (Å²) >= 11 is 11.9. The van der Waals surface area contributed by atoms with E-state index >= 15 is 0 Å². The average molecular weight is 316 g/mol. The number of aromatic amines is 1. The Balaban J connectivity index is 2.46. The van der Waals surface area contributed by atoms with Crippen molar-refractivity contribution in [2.45, 2.75) is 6.54 Å². The lowest BCUT2D eigenvalue weighted by Crippen LogP contribution is -2.29. The summed E-state index contributed by atoms with van der Waals surface area (Å²) in [5.74, 6) is 0. The zero-order valence-corrected chi connectivity index (χ0v) is 11.3. The molecule has 1 aromatic carbocycles. The molecule has 20 heavy (non-hydrogen) atoms. The smallest absolute Gasteiger partial charge is 0.296 e. The van der Waals surface area contributed by atoms with E-state index < -0.39 is 16.2 Å². The number of nitro benzene ring substituents is 1. The van der Waals surface area contributed by atoms with E-state index in [1.54, 1.807) is 0 Å². The minimum Gasteiger partial charge on any atom is -0.296 e. The highest BCUT2D eigenvalue weighted by Gasteiger charge is 2.15. The van der Waals surface area contributed by atoms with Crippen LogP contribution in [-0.4, -0.2) is 14.5 Å². The summed E-state index contributed by atoms with van der Waals surface area (Å²) < 4.78 is 1.18. The van der Waals surface area contributed by atoms with Gasteiger partial charge in [0.1, 0.15) is 0 Å². The Morgan fingerprint density at radius 2 is 1.85 bits per heavy atom. The molecule has 0 aliphatic heterocycles. The zero-order valence-electron chi connectivity index (χ0n) is 9.80. The Labute approximate surface area is 121 Å². The second-order valence-electron chi connectivity index (χ2n) is 3.88. The molecule has 104 valence electrons.